The fraction of sp³-hybridized carbons (Fsp3) is 0.647. The molecule has 0 spiro atoms. The molecule has 112 valence electrons. The van der Waals surface area contributed by atoms with E-state index in [1.165, 1.54) is 0 Å². The Morgan fingerprint density at radius 1 is 1.40 bits per heavy atom. The van der Waals surface area contributed by atoms with Crippen LogP contribution in [0.5, 0.6) is 0 Å². The van der Waals surface area contributed by atoms with Crippen LogP contribution in [0.3, 0.4) is 0 Å². The third kappa shape index (κ3) is 4.03. The predicted molar refractivity (Wildman–Crippen MR) is 80.5 cm³/mol. The quantitative estimate of drug-likeness (QED) is 0.853. The number of rotatable bonds is 6. The second kappa shape index (κ2) is 6.68. The van der Waals surface area contributed by atoms with E-state index in [0.717, 1.165) is 37.9 Å². The largest absolute Gasteiger partial charge is 0.372 e. The maximum Gasteiger partial charge on any atom is 0.126 e. The molecule has 0 aromatic heterocycles. The van der Waals surface area contributed by atoms with Crippen LogP contribution in [0.1, 0.15) is 51.5 Å². The number of benzene rings is 1. The Hall–Kier alpha value is -0.930. The Morgan fingerprint density at radius 2 is 2.15 bits per heavy atom. The van der Waals surface area contributed by atoms with E-state index < -0.39 is 0 Å². The summed E-state index contributed by atoms with van der Waals surface area (Å²) < 4.78 is 20.1. The Bertz CT molecular complexity index is 433. The summed E-state index contributed by atoms with van der Waals surface area (Å²) in [5.41, 5.74) is 0.782. The van der Waals surface area contributed by atoms with Gasteiger partial charge in [0, 0.05) is 12.5 Å². The van der Waals surface area contributed by atoms with Crippen LogP contribution in [0.15, 0.2) is 24.3 Å². The van der Waals surface area contributed by atoms with Crippen molar-refractivity contribution in [3.63, 3.8) is 0 Å². The molecule has 1 aromatic carbocycles. The molecule has 0 saturated carbocycles. The molecule has 0 amide bonds. The van der Waals surface area contributed by atoms with Gasteiger partial charge in [-0.1, -0.05) is 25.1 Å². The van der Waals surface area contributed by atoms with E-state index in [-0.39, 0.29) is 23.4 Å². The minimum absolute atomic E-state index is 0.0252. The summed E-state index contributed by atoms with van der Waals surface area (Å²) in [5.74, 6) is 0.0720. The summed E-state index contributed by atoms with van der Waals surface area (Å²) in [6, 6.07) is 7.11. The van der Waals surface area contributed by atoms with Crippen LogP contribution >= 0.6 is 0 Å². The molecule has 0 aliphatic carbocycles. The Morgan fingerprint density at radius 3 is 2.75 bits per heavy atom. The zero-order valence-electron chi connectivity index (χ0n) is 12.8. The van der Waals surface area contributed by atoms with Gasteiger partial charge in [0.15, 0.2) is 0 Å². The van der Waals surface area contributed by atoms with Crippen LogP contribution in [-0.4, -0.2) is 24.8 Å². The minimum atomic E-state index is -0.104. The first-order valence-electron chi connectivity index (χ1n) is 7.65. The van der Waals surface area contributed by atoms with Crippen LogP contribution in [0.4, 0.5) is 4.39 Å². The number of likely N-dealkylation sites (N-methyl/N-ethyl adjacent to an activating group) is 1. The molecule has 1 aliphatic rings. The zero-order chi connectivity index (χ0) is 14.6. The molecule has 3 heteroatoms. The van der Waals surface area contributed by atoms with Gasteiger partial charge in [0.1, 0.15) is 5.82 Å². The van der Waals surface area contributed by atoms with E-state index in [0.29, 0.717) is 0 Å². The summed E-state index contributed by atoms with van der Waals surface area (Å²) in [6.45, 7) is 8.05. The normalized spacial score (nSPS) is 22.9. The van der Waals surface area contributed by atoms with E-state index in [2.05, 4.69) is 26.1 Å². The fourth-order valence-electron chi connectivity index (χ4n) is 3.01. The van der Waals surface area contributed by atoms with Gasteiger partial charge < -0.3 is 10.1 Å². The standard InChI is InChI=1S/C17H26FNO/c1-4-19-12-13(15-7-5-6-8-16(15)18)11-14-9-10-17(2,3)20-14/h5-8,13-14,19H,4,9-12H2,1-3H3. The van der Waals surface area contributed by atoms with Crippen molar-refractivity contribution >= 4 is 0 Å². The molecule has 1 saturated heterocycles. The van der Waals surface area contributed by atoms with Crippen molar-refractivity contribution in [1.29, 1.82) is 0 Å². The molecular formula is C17H26FNO. The van der Waals surface area contributed by atoms with Crippen LogP contribution in [0.25, 0.3) is 0 Å². The molecule has 2 nitrogen and oxygen atoms in total. The van der Waals surface area contributed by atoms with Gasteiger partial charge in [-0.05, 0) is 51.3 Å². The third-order valence-electron chi connectivity index (χ3n) is 4.09. The maximum absolute atomic E-state index is 14.0. The molecular weight excluding hydrogens is 253 g/mol. The molecule has 1 aliphatic heterocycles. The topological polar surface area (TPSA) is 21.3 Å². The van der Waals surface area contributed by atoms with Gasteiger partial charge in [0.05, 0.1) is 11.7 Å². The van der Waals surface area contributed by atoms with Crippen molar-refractivity contribution < 1.29 is 9.13 Å². The second-order valence-corrected chi connectivity index (χ2v) is 6.30. The van der Waals surface area contributed by atoms with Crippen LogP contribution in [-0.2, 0) is 4.74 Å². The van der Waals surface area contributed by atoms with Gasteiger partial charge in [-0.25, -0.2) is 4.39 Å². The molecule has 1 N–H and O–H groups in total. The van der Waals surface area contributed by atoms with E-state index >= 15 is 0 Å². The molecule has 2 atom stereocenters. The van der Waals surface area contributed by atoms with E-state index in [4.69, 9.17) is 4.74 Å². The summed E-state index contributed by atoms with van der Waals surface area (Å²) in [4.78, 5) is 0. The van der Waals surface area contributed by atoms with Crippen molar-refractivity contribution in [2.45, 2.75) is 57.7 Å². The van der Waals surface area contributed by atoms with Gasteiger partial charge in [-0.15, -0.1) is 0 Å². The first-order chi connectivity index (χ1) is 9.52. The Labute approximate surface area is 121 Å². The first-order valence-corrected chi connectivity index (χ1v) is 7.65. The number of hydrogen-bond acceptors (Lipinski definition) is 2. The number of ether oxygens (including phenoxy) is 1. The molecule has 1 heterocycles. The average Bonchev–Trinajstić information content (AvgIpc) is 2.75. The lowest BCUT2D eigenvalue weighted by atomic mass is 9.91. The number of hydrogen-bond donors (Lipinski definition) is 1. The lowest BCUT2D eigenvalue weighted by molar-refractivity contribution is -0.0209. The molecule has 0 radical (unpaired) electrons. The van der Waals surface area contributed by atoms with Crippen LogP contribution in [0.2, 0.25) is 0 Å². The van der Waals surface area contributed by atoms with Crippen molar-refractivity contribution in [3.05, 3.63) is 35.6 Å². The van der Waals surface area contributed by atoms with Gasteiger partial charge in [-0.2, -0.15) is 0 Å². The highest BCUT2D eigenvalue weighted by Gasteiger charge is 2.33. The van der Waals surface area contributed by atoms with Gasteiger partial charge >= 0.3 is 0 Å². The maximum atomic E-state index is 14.0. The zero-order valence-corrected chi connectivity index (χ0v) is 12.8. The summed E-state index contributed by atoms with van der Waals surface area (Å²) >= 11 is 0. The minimum Gasteiger partial charge on any atom is -0.372 e. The van der Waals surface area contributed by atoms with Crippen molar-refractivity contribution in [1.82, 2.24) is 5.32 Å². The molecule has 2 rings (SSSR count). The third-order valence-corrected chi connectivity index (χ3v) is 4.09. The molecule has 20 heavy (non-hydrogen) atoms. The van der Waals surface area contributed by atoms with Crippen molar-refractivity contribution in [3.8, 4) is 0 Å². The summed E-state index contributed by atoms with van der Waals surface area (Å²) in [5, 5.41) is 3.35. The molecule has 1 fully saturated rings. The Kier molecular flexibility index (Phi) is 5.17. The lowest BCUT2D eigenvalue weighted by Crippen LogP contribution is -2.26. The molecule has 1 aromatic rings. The van der Waals surface area contributed by atoms with E-state index in [1.54, 1.807) is 12.1 Å². The number of halogens is 1. The van der Waals surface area contributed by atoms with Crippen LogP contribution < -0.4 is 5.32 Å². The highest BCUT2D eigenvalue weighted by molar-refractivity contribution is 5.22. The fourth-order valence-corrected chi connectivity index (χ4v) is 3.01. The van der Waals surface area contributed by atoms with Crippen LogP contribution in [0, 0.1) is 5.82 Å². The van der Waals surface area contributed by atoms with E-state index in [9.17, 15) is 4.39 Å². The molecule has 0 bridgehead atoms. The smallest absolute Gasteiger partial charge is 0.126 e. The highest BCUT2D eigenvalue weighted by Crippen LogP contribution is 2.35. The van der Waals surface area contributed by atoms with E-state index in [1.807, 2.05) is 12.1 Å². The monoisotopic (exact) mass is 279 g/mol. The predicted octanol–water partition coefficient (Wildman–Crippen LogP) is 3.87. The van der Waals surface area contributed by atoms with Crippen molar-refractivity contribution in [2.24, 2.45) is 0 Å². The molecule has 2 unspecified atom stereocenters. The van der Waals surface area contributed by atoms with Gasteiger partial charge in [-0.3, -0.25) is 0 Å². The summed E-state index contributed by atoms with van der Waals surface area (Å²) in [6.07, 6.45) is 3.29. The SMILES string of the molecule is CCNCC(CC1CCC(C)(C)O1)c1ccccc1F. The van der Waals surface area contributed by atoms with Gasteiger partial charge in [0.2, 0.25) is 0 Å². The Balaban J connectivity index is 2.06. The number of nitrogens with one attached hydrogen (secondary N) is 1. The lowest BCUT2D eigenvalue weighted by Gasteiger charge is -2.24. The first kappa shape index (κ1) is 15.5. The van der Waals surface area contributed by atoms with Crippen molar-refractivity contribution in [2.75, 3.05) is 13.1 Å². The van der Waals surface area contributed by atoms with Gasteiger partial charge in [0.25, 0.3) is 0 Å². The summed E-state index contributed by atoms with van der Waals surface area (Å²) in [7, 11) is 0. The highest BCUT2D eigenvalue weighted by atomic mass is 19.1. The average molecular weight is 279 g/mol. The second-order valence-electron chi connectivity index (χ2n) is 6.30.